The molecule has 10 heteroatoms. The molecule has 1 amide bonds. The Balaban J connectivity index is 1.11. The SMILES string of the molecule is O=C(C1CCN(S(=O)(=O)c2ccc(F)cc2)CC1)N1CCN(Cc2ccc3c(c2)OCO3)CC1. The molecule has 182 valence electrons. The summed E-state index contributed by atoms with van der Waals surface area (Å²) in [5, 5.41) is 0. The maximum atomic E-state index is 13.2. The summed E-state index contributed by atoms with van der Waals surface area (Å²) < 4.78 is 51.0. The van der Waals surface area contributed by atoms with Crippen LogP contribution in [0.1, 0.15) is 18.4 Å². The number of piperidine rings is 1. The summed E-state index contributed by atoms with van der Waals surface area (Å²) in [5.74, 6) is 1.02. The first kappa shape index (κ1) is 23.1. The van der Waals surface area contributed by atoms with Gasteiger partial charge in [-0.2, -0.15) is 4.31 Å². The van der Waals surface area contributed by atoms with E-state index in [0.29, 0.717) is 39.0 Å². The number of hydrogen-bond donors (Lipinski definition) is 0. The number of carbonyl (C=O) groups excluding carboxylic acids is 1. The van der Waals surface area contributed by atoms with E-state index in [9.17, 15) is 17.6 Å². The fraction of sp³-hybridized carbons (Fsp3) is 0.458. The minimum atomic E-state index is -3.68. The maximum Gasteiger partial charge on any atom is 0.243 e. The average molecular weight is 490 g/mol. The Hall–Kier alpha value is -2.69. The molecule has 2 fully saturated rings. The summed E-state index contributed by atoms with van der Waals surface area (Å²) in [7, 11) is -3.68. The van der Waals surface area contributed by atoms with Gasteiger partial charge in [0.15, 0.2) is 11.5 Å². The summed E-state index contributed by atoms with van der Waals surface area (Å²) in [5.41, 5.74) is 1.15. The zero-order valence-electron chi connectivity index (χ0n) is 18.9. The van der Waals surface area contributed by atoms with Crippen LogP contribution in [0, 0.1) is 11.7 Å². The second-order valence-electron chi connectivity index (χ2n) is 8.92. The molecule has 34 heavy (non-hydrogen) atoms. The maximum absolute atomic E-state index is 13.2. The van der Waals surface area contributed by atoms with Gasteiger partial charge in [-0.25, -0.2) is 12.8 Å². The van der Waals surface area contributed by atoms with Crippen LogP contribution in [0.25, 0.3) is 0 Å². The van der Waals surface area contributed by atoms with Gasteiger partial charge in [-0.1, -0.05) is 6.07 Å². The molecular weight excluding hydrogens is 461 g/mol. The average Bonchev–Trinajstić information content (AvgIpc) is 3.32. The number of piperazine rings is 1. The molecule has 8 nitrogen and oxygen atoms in total. The van der Waals surface area contributed by atoms with Crippen LogP contribution < -0.4 is 9.47 Å². The van der Waals surface area contributed by atoms with Gasteiger partial charge in [0.25, 0.3) is 0 Å². The first-order valence-electron chi connectivity index (χ1n) is 11.6. The van der Waals surface area contributed by atoms with Crippen molar-refractivity contribution in [1.82, 2.24) is 14.1 Å². The molecule has 0 radical (unpaired) electrons. The first-order chi connectivity index (χ1) is 16.4. The number of fused-ring (bicyclic) bond motifs is 1. The van der Waals surface area contributed by atoms with Crippen molar-refractivity contribution in [3.63, 3.8) is 0 Å². The van der Waals surface area contributed by atoms with Crippen molar-refractivity contribution >= 4 is 15.9 Å². The zero-order chi connectivity index (χ0) is 23.7. The van der Waals surface area contributed by atoms with Crippen molar-refractivity contribution in [3.8, 4) is 11.5 Å². The fourth-order valence-electron chi connectivity index (χ4n) is 4.78. The minimum Gasteiger partial charge on any atom is -0.454 e. The van der Waals surface area contributed by atoms with E-state index in [1.807, 2.05) is 23.1 Å². The van der Waals surface area contributed by atoms with Crippen LogP contribution in [0.5, 0.6) is 11.5 Å². The molecule has 0 aromatic heterocycles. The molecule has 0 saturated carbocycles. The van der Waals surface area contributed by atoms with Crippen molar-refractivity contribution in [2.75, 3.05) is 46.1 Å². The molecule has 0 unspecified atom stereocenters. The van der Waals surface area contributed by atoms with E-state index in [-0.39, 0.29) is 23.5 Å². The third-order valence-electron chi connectivity index (χ3n) is 6.78. The van der Waals surface area contributed by atoms with E-state index < -0.39 is 15.8 Å². The second kappa shape index (κ2) is 9.52. The highest BCUT2D eigenvalue weighted by Gasteiger charge is 2.34. The van der Waals surface area contributed by atoms with Crippen LogP contribution in [0.4, 0.5) is 4.39 Å². The van der Waals surface area contributed by atoms with E-state index in [1.165, 1.54) is 16.4 Å². The molecular formula is C24H28FN3O5S. The van der Waals surface area contributed by atoms with Crippen LogP contribution >= 0.6 is 0 Å². The Morgan fingerprint density at radius 1 is 0.912 bits per heavy atom. The lowest BCUT2D eigenvalue weighted by molar-refractivity contribution is -0.138. The Bertz CT molecular complexity index is 1140. The lowest BCUT2D eigenvalue weighted by Crippen LogP contribution is -2.51. The molecule has 3 aliphatic rings. The molecule has 0 N–H and O–H groups in total. The highest BCUT2D eigenvalue weighted by molar-refractivity contribution is 7.89. The van der Waals surface area contributed by atoms with Gasteiger partial charge in [0.1, 0.15) is 5.82 Å². The Labute approximate surface area is 198 Å². The molecule has 0 spiro atoms. The minimum absolute atomic E-state index is 0.0808. The van der Waals surface area contributed by atoms with Crippen molar-refractivity contribution in [3.05, 3.63) is 53.8 Å². The van der Waals surface area contributed by atoms with Crippen LogP contribution in [0.3, 0.4) is 0 Å². The predicted octanol–water partition coefficient (Wildman–Crippen LogP) is 2.30. The molecule has 3 heterocycles. The van der Waals surface area contributed by atoms with Gasteiger partial charge in [0.2, 0.25) is 22.7 Å². The normalized spacial score (nSPS) is 20.0. The highest BCUT2D eigenvalue weighted by atomic mass is 32.2. The molecule has 2 aromatic rings. The molecule has 2 saturated heterocycles. The zero-order valence-corrected chi connectivity index (χ0v) is 19.7. The summed E-state index contributed by atoms with van der Waals surface area (Å²) in [4.78, 5) is 17.4. The van der Waals surface area contributed by atoms with E-state index in [1.54, 1.807) is 0 Å². The second-order valence-corrected chi connectivity index (χ2v) is 10.9. The van der Waals surface area contributed by atoms with Crippen molar-refractivity contribution in [2.24, 2.45) is 5.92 Å². The number of hydrogen-bond acceptors (Lipinski definition) is 6. The third kappa shape index (κ3) is 4.75. The van der Waals surface area contributed by atoms with E-state index in [4.69, 9.17) is 9.47 Å². The van der Waals surface area contributed by atoms with E-state index in [2.05, 4.69) is 4.90 Å². The topological polar surface area (TPSA) is 79.4 Å². The van der Waals surface area contributed by atoms with Gasteiger partial charge in [-0.3, -0.25) is 9.69 Å². The van der Waals surface area contributed by atoms with Gasteiger partial charge in [-0.15, -0.1) is 0 Å². The van der Waals surface area contributed by atoms with Crippen LogP contribution in [0.15, 0.2) is 47.4 Å². The molecule has 0 aliphatic carbocycles. The number of carbonyl (C=O) groups is 1. The number of halogens is 1. The lowest BCUT2D eigenvalue weighted by atomic mass is 9.96. The van der Waals surface area contributed by atoms with Crippen LogP contribution in [-0.4, -0.2) is 74.5 Å². The number of amides is 1. The lowest BCUT2D eigenvalue weighted by Gasteiger charge is -2.38. The summed E-state index contributed by atoms with van der Waals surface area (Å²) in [6.07, 6.45) is 0.993. The Kier molecular flexibility index (Phi) is 6.46. The van der Waals surface area contributed by atoms with Crippen molar-refractivity contribution in [2.45, 2.75) is 24.3 Å². The molecule has 5 rings (SSSR count). The fourth-order valence-corrected chi connectivity index (χ4v) is 6.25. The number of nitrogens with zero attached hydrogens (tertiary/aromatic N) is 3. The summed E-state index contributed by atoms with van der Waals surface area (Å²) in [6.45, 7) is 4.54. The third-order valence-corrected chi connectivity index (χ3v) is 8.69. The quantitative estimate of drug-likeness (QED) is 0.642. The predicted molar refractivity (Wildman–Crippen MR) is 122 cm³/mol. The number of ether oxygens (including phenoxy) is 2. The van der Waals surface area contributed by atoms with Gasteiger partial charge in [0, 0.05) is 51.7 Å². The van der Waals surface area contributed by atoms with Gasteiger partial charge in [0.05, 0.1) is 4.90 Å². The number of benzene rings is 2. The van der Waals surface area contributed by atoms with Gasteiger partial charge >= 0.3 is 0 Å². The van der Waals surface area contributed by atoms with Crippen LogP contribution in [0.2, 0.25) is 0 Å². The molecule has 2 aromatic carbocycles. The Morgan fingerprint density at radius 3 is 2.29 bits per heavy atom. The standard InChI is InChI=1S/C24H28FN3O5S/c25-20-2-4-21(5-3-20)34(30,31)28-9-7-19(8-10-28)24(29)27-13-11-26(12-14-27)16-18-1-6-22-23(15-18)33-17-32-22/h1-6,15,19H,7-14,16-17H2. The first-order valence-corrected chi connectivity index (χ1v) is 13.0. The molecule has 0 atom stereocenters. The van der Waals surface area contributed by atoms with Crippen molar-refractivity contribution in [1.29, 1.82) is 0 Å². The summed E-state index contributed by atoms with van der Waals surface area (Å²) in [6, 6.07) is 10.8. The Morgan fingerprint density at radius 2 is 1.59 bits per heavy atom. The number of sulfonamides is 1. The van der Waals surface area contributed by atoms with E-state index >= 15 is 0 Å². The van der Waals surface area contributed by atoms with Crippen LogP contribution in [-0.2, 0) is 21.4 Å². The van der Waals surface area contributed by atoms with E-state index in [0.717, 1.165) is 48.8 Å². The monoisotopic (exact) mass is 489 g/mol. The van der Waals surface area contributed by atoms with Gasteiger partial charge < -0.3 is 14.4 Å². The molecule has 3 aliphatic heterocycles. The summed E-state index contributed by atoms with van der Waals surface area (Å²) >= 11 is 0. The molecule has 0 bridgehead atoms. The van der Waals surface area contributed by atoms with Crippen molar-refractivity contribution < 1.29 is 27.1 Å². The highest BCUT2D eigenvalue weighted by Crippen LogP contribution is 2.33. The largest absolute Gasteiger partial charge is 0.454 e. The van der Waals surface area contributed by atoms with Gasteiger partial charge in [-0.05, 0) is 54.8 Å². The smallest absolute Gasteiger partial charge is 0.243 e. The number of rotatable bonds is 5.